The Morgan fingerprint density at radius 3 is 2.18 bits per heavy atom. The highest BCUT2D eigenvalue weighted by Crippen LogP contribution is 2.38. The number of rotatable bonds is 8. The second-order valence-corrected chi connectivity index (χ2v) is 8.08. The number of phenols is 1. The maximum absolute atomic E-state index is 11.9. The number of aromatic hydroxyl groups is 1. The molecule has 1 aliphatic heterocycles. The van der Waals surface area contributed by atoms with E-state index in [4.69, 9.17) is 9.84 Å². The van der Waals surface area contributed by atoms with Crippen molar-refractivity contribution in [2.24, 2.45) is 0 Å². The number of benzene rings is 3. The van der Waals surface area contributed by atoms with Crippen molar-refractivity contribution in [1.29, 1.82) is 0 Å². The Morgan fingerprint density at radius 2 is 1.59 bits per heavy atom. The Balaban J connectivity index is 1.48. The molecule has 3 N–H and O–H groups in total. The van der Waals surface area contributed by atoms with Crippen LogP contribution in [0.25, 0.3) is 5.57 Å². The van der Waals surface area contributed by atoms with E-state index in [1.165, 1.54) is 6.92 Å². The molecule has 1 heterocycles. The number of dihydropyridines is 1. The van der Waals surface area contributed by atoms with Crippen molar-refractivity contribution in [3.63, 3.8) is 0 Å². The average Bonchev–Trinajstić information content (AvgIpc) is 2.84. The highest BCUT2D eigenvalue weighted by atomic mass is 16.5. The zero-order valence-electron chi connectivity index (χ0n) is 18.7. The van der Waals surface area contributed by atoms with Crippen LogP contribution < -0.4 is 10.1 Å². The number of ether oxygens (including phenoxy) is 1. The fraction of sp³-hybridized carbons (Fsp3) is 0.143. The Morgan fingerprint density at radius 1 is 0.941 bits per heavy atom. The first-order valence-corrected chi connectivity index (χ1v) is 10.9. The van der Waals surface area contributed by atoms with E-state index in [1.54, 1.807) is 30.5 Å². The fourth-order valence-corrected chi connectivity index (χ4v) is 3.81. The third-order valence-corrected chi connectivity index (χ3v) is 5.65. The monoisotopic (exact) mass is 455 g/mol. The van der Waals surface area contributed by atoms with Crippen molar-refractivity contribution >= 4 is 17.3 Å². The van der Waals surface area contributed by atoms with Crippen molar-refractivity contribution in [2.75, 3.05) is 6.54 Å². The molecule has 0 fully saturated rings. The molecule has 6 heteroatoms. The van der Waals surface area contributed by atoms with Crippen LogP contribution in [-0.2, 0) is 13.0 Å². The van der Waals surface area contributed by atoms with Crippen molar-refractivity contribution < 1.29 is 24.5 Å². The van der Waals surface area contributed by atoms with Crippen LogP contribution in [-0.4, -0.2) is 28.5 Å². The molecule has 4 rings (SSSR count). The van der Waals surface area contributed by atoms with E-state index in [2.05, 4.69) is 5.32 Å². The third kappa shape index (κ3) is 5.18. The quantitative estimate of drug-likeness (QED) is 0.416. The predicted molar refractivity (Wildman–Crippen MR) is 130 cm³/mol. The molecule has 0 radical (unpaired) electrons. The lowest BCUT2D eigenvalue weighted by Gasteiger charge is -2.17. The van der Waals surface area contributed by atoms with Crippen LogP contribution in [0.3, 0.4) is 0 Å². The molecule has 0 saturated carbocycles. The zero-order chi connectivity index (χ0) is 24.1. The van der Waals surface area contributed by atoms with Gasteiger partial charge in [-0.05, 0) is 72.1 Å². The normalized spacial score (nSPS) is 12.6. The van der Waals surface area contributed by atoms with Crippen molar-refractivity contribution in [3.8, 4) is 11.5 Å². The summed E-state index contributed by atoms with van der Waals surface area (Å²) in [5.41, 5.74) is 4.92. The fourth-order valence-electron chi connectivity index (χ4n) is 3.81. The van der Waals surface area contributed by atoms with Crippen molar-refractivity contribution in [1.82, 2.24) is 5.32 Å². The molecule has 1 aliphatic rings. The first-order valence-electron chi connectivity index (χ1n) is 10.9. The number of ketones is 1. The van der Waals surface area contributed by atoms with Gasteiger partial charge in [0.1, 0.15) is 18.1 Å². The van der Waals surface area contributed by atoms with E-state index in [-0.39, 0.29) is 22.7 Å². The second-order valence-electron chi connectivity index (χ2n) is 8.08. The van der Waals surface area contributed by atoms with Gasteiger partial charge in [0.25, 0.3) is 0 Å². The molecule has 0 amide bonds. The molecule has 0 aromatic heterocycles. The summed E-state index contributed by atoms with van der Waals surface area (Å²) in [5, 5.41) is 22.9. The first kappa shape index (κ1) is 22.9. The van der Waals surface area contributed by atoms with Gasteiger partial charge in [0.2, 0.25) is 0 Å². The van der Waals surface area contributed by atoms with Crippen LogP contribution in [0.2, 0.25) is 0 Å². The third-order valence-electron chi connectivity index (χ3n) is 5.65. The number of carboxylic acid groups (broad SMARTS) is 1. The van der Waals surface area contributed by atoms with Gasteiger partial charge in [0.05, 0.1) is 16.7 Å². The van der Waals surface area contributed by atoms with Crippen LogP contribution in [0.5, 0.6) is 11.5 Å². The Labute approximate surface area is 197 Å². The van der Waals surface area contributed by atoms with E-state index in [9.17, 15) is 14.7 Å². The van der Waals surface area contributed by atoms with Crippen LogP contribution in [0.15, 0.2) is 79.0 Å². The standard InChI is InChI=1S/C28H25NO5/c1-18(30)24-10-11-25(26(27(24)31)22-12-14-29-15-13-22)34-17-21-4-2-19(3-5-21)16-20-6-8-23(9-7-20)28(32)33/h2-14,29,31H,15-17H2,1H3,(H,32,33). The highest BCUT2D eigenvalue weighted by Gasteiger charge is 2.19. The molecule has 34 heavy (non-hydrogen) atoms. The molecular weight excluding hydrogens is 430 g/mol. The second kappa shape index (κ2) is 10.1. The molecule has 3 aromatic carbocycles. The lowest BCUT2D eigenvalue weighted by Crippen LogP contribution is -2.09. The lowest BCUT2D eigenvalue weighted by atomic mass is 9.97. The number of hydrogen-bond acceptors (Lipinski definition) is 5. The molecule has 0 saturated heterocycles. The molecule has 0 unspecified atom stereocenters. The molecule has 0 bridgehead atoms. The number of allylic oxidation sites excluding steroid dienone is 2. The number of Topliss-reactive ketones (excluding diaryl/α,β-unsaturated/α-hetero) is 1. The van der Waals surface area contributed by atoms with Gasteiger partial charge in [0.15, 0.2) is 5.78 Å². The van der Waals surface area contributed by atoms with Gasteiger partial charge in [-0.1, -0.05) is 42.5 Å². The van der Waals surface area contributed by atoms with Crippen LogP contribution in [0, 0.1) is 0 Å². The van der Waals surface area contributed by atoms with Crippen LogP contribution in [0.1, 0.15) is 49.9 Å². The van der Waals surface area contributed by atoms with Crippen LogP contribution in [0.4, 0.5) is 0 Å². The van der Waals surface area contributed by atoms with E-state index in [0.29, 0.717) is 30.9 Å². The smallest absolute Gasteiger partial charge is 0.335 e. The van der Waals surface area contributed by atoms with E-state index >= 15 is 0 Å². The number of carbonyl (C=O) groups is 2. The van der Waals surface area contributed by atoms with Gasteiger partial charge in [0, 0.05) is 6.54 Å². The van der Waals surface area contributed by atoms with Crippen molar-refractivity contribution in [2.45, 2.75) is 20.0 Å². The van der Waals surface area contributed by atoms with E-state index in [1.807, 2.05) is 48.6 Å². The maximum atomic E-state index is 11.9. The largest absolute Gasteiger partial charge is 0.506 e. The van der Waals surface area contributed by atoms with E-state index in [0.717, 1.165) is 22.3 Å². The molecule has 0 spiro atoms. The summed E-state index contributed by atoms with van der Waals surface area (Å²) in [4.78, 5) is 22.9. The molecular formula is C28H25NO5. The molecule has 6 nitrogen and oxygen atoms in total. The molecule has 3 aromatic rings. The summed E-state index contributed by atoms with van der Waals surface area (Å²) in [5.74, 6) is -0.720. The van der Waals surface area contributed by atoms with Gasteiger partial charge in [-0.15, -0.1) is 0 Å². The summed E-state index contributed by atoms with van der Waals surface area (Å²) < 4.78 is 6.06. The number of aromatic carboxylic acids is 1. The molecule has 0 atom stereocenters. The summed E-state index contributed by atoms with van der Waals surface area (Å²) in [6.45, 7) is 2.35. The number of phenolic OH excluding ortho intramolecular Hbond substituents is 1. The molecule has 0 aliphatic carbocycles. The Hall–Kier alpha value is -4.32. The topological polar surface area (TPSA) is 95.9 Å². The highest BCUT2D eigenvalue weighted by molar-refractivity contribution is 5.99. The number of carbonyl (C=O) groups excluding carboxylic acids is 1. The van der Waals surface area contributed by atoms with Gasteiger partial charge in [-0.3, -0.25) is 4.79 Å². The maximum Gasteiger partial charge on any atom is 0.335 e. The minimum absolute atomic E-state index is 0.0768. The summed E-state index contributed by atoms with van der Waals surface area (Å²) in [6, 6.07) is 18.2. The summed E-state index contributed by atoms with van der Waals surface area (Å²) in [6.07, 6.45) is 6.27. The average molecular weight is 456 g/mol. The predicted octanol–water partition coefficient (Wildman–Crippen LogP) is 4.96. The number of hydrogen-bond donors (Lipinski definition) is 3. The summed E-state index contributed by atoms with van der Waals surface area (Å²) in [7, 11) is 0. The number of nitrogens with one attached hydrogen (secondary N) is 1. The zero-order valence-corrected chi connectivity index (χ0v) is 18.7. The Kier molecular flexibility index (Phi) is 6.78. The minimum Gasteiger partial charge on any atom is -0.506 e. The van der Waals surface area contributed by atoms with Gasteiger partial charge >= 0.3 is 5.97 Å². The Bertz CT molecular complexity index is 1270. The van der Waals surface area contributed by atoms with Crippen molar-refractivity contribution in [3.05, 3.63) is 112 Å². The van der Waals surface area contributed by atoms with Gasteiger partial charge in [-0.2, -0.15) is 0 Å². The first-order chi connectivity index (χ1) is 16.4. The van der Waals surface area contributed by atoms with E-state index < -0.39 is 5.97 Å². The van der Waals surface area contributed by atoms with Gasteiger partial charge < -0.3 is 20.3 Å². The van der Waals surface area contributed by atoms with Gasteiger partial charge in [-0.25, -0.2) is 4.79 Å². The lowest BCUT2D eigenvalue weighted by molar-refractivity contribution is 0.0696. The summed E-state index contributed by atoms with van der Waals surface area (Å²) >= 11 is 0. The molecule has 172 valence electrons. The van der Waals surface area contributed by atoms with Crippen LogP contribution >= 0.6 is 0 Å². The number of carboxylic acids is 1. The minimum atomic E-state index is -0.934. The SMILES string of the molecule is CC(=O)c1ccc(OCc2ccc(Cc3ccc(C(=O)O)cc3)cc2)c(C2=CCNC=C2)c1O.